The van der Waals surface area contributed by atoms with Crippen molar-refractivity contribution in [3.8, 4) is 12.0 Å². The summed E-state index contributed by atoms with van der Waals surface area (Å²) in [5, 5.41) is 0. The van der Waals surface area contributed by atoms with E-state index in [2.05, 4.69) is 16.8 Å². The fraction of sp³-hybridized carbons (Fsp3) is 0.500. The molecule has 0 aromatic carbocycles. The highest BCUT2D eigenvalue weighted by atomic mass is 16.5. The first-order valence-corrected chi connectivity index (χ1v) is 2.31. The largest absolute Gasteiger partial charge is 0.439 e. The van der Waals surface area contributed by atoms with Crippen LogP contribution in [0.2, 0.25) is 0 Å². The molecular formula is C6H9O. The van der Waals surface area contributed by atoms with E-state index in [1.807, 2.05) is 6.92 Å². The summed E-state index contributed by atoms with van der Waals surface area (Å²) in [6.07, 6.45) is 3.36. The van der Waals surface area contributed by atoms with E-state index in [9.17, 15) is 0 Å². The monoisotopic (exact) mass is 97.1 g/mol. The minimum Gasteiger partial charge on any atom is -0.439 e. The molecule has 0 aliphatic rings. The maximum atomic E-state index is 4.65. The van der Waals surface area contributed by atoms with Gasteiger partial charge in [0.25, 0.3) is 0 Å². The molecule has 0 aromatic rings. The summed E-state index contributed by atoms with van der Waals surface area (Å²) in [5.74, 6) is 2.60. The highest BCUT2D eigenvalue weighted by Gasteiger charge is 1.72. The molecule has 0 rings (SSSR count). The molecule has 0 atom stereocenters. The van der Waals surface area contributed by atoms with E-state index in [4.69, 9.17) is 0 Å². The van der Waals surface area contributed by atoms with E-state index in [1.165, 1.54) is 0 Å². The van der Waals surface area contributed by atoms with Gasteiger partial charge in [-0.15, -0.1) is 0 Å². The topological polar surface area (TPSA) is 9.23 Å². The quantitative estimate of drug-likeness (QED) is 0.375. The van der Waals surface area contributed by atoms with Crippen LogP contribution in [0, 0.1) is 18.6 Å². The molecule has 0 saturated heterocycles. The Morgan fingerprint density at radius 1 is 1.71 bits per heavy atom. The lowest BCUT2D eigenvalue weighted by Crippen LogP contribution is -1.72. The van der Waals surface area contributed by atoms with Gasteiger partial charge in [0.15, 0.2) is 0 Å². The maximum absolute atomic E-state index is 4.65. The molecule has 0 spiro atoms. The first-order valence-electron chi connectivity index (χ1n) is 2.31. The number of hydrogen-bond acceptors (Lipinski definition) is 1. The summed E-state index contributed by atoms with van der Waals surface area (Å²) < 4.78 is 4.65. The van der Waals surface area contributed by atoms with Gasteiger partial charge in [0.1, 0.15) is 12.7 Å². The fourth-order valence-electron chi connectivity index (χ4n) is 0.184. The van der Waals surface area contributed by atoms with Gasteiger partial charge in [-0.1, -0.05) is 12.8 Å². The zero-order chi connectivity index (χ0) is 5.54. The normalized spacial score (nSPS) is 6.57. The molecule has 1 radical (unpaired) electrons. The SMILES string of the molecule is CC#CO[CH]CC. The van der Waals surface area contributed by atoms with Crippen molar-refractivity contribution in [2.24, 2.45) is 0 Å². The second kappa shape index (κ2) is 5.36. The average Bonchev–Trinajstić information content (AvgIpc) is 1.69. The van der Waals surface area contributed by atoms with Crippen LogP contribution in [-0.2, 0) is 4.74 Å². The van der Waals surface area contributed by atoms with Gasteiger partial charge in [-0.2, -0.15) is 0 Å². The second-order valence-electron chi connectivity index (χ2n) is 1.04. The number of hydrogen-bond donors (Lipinski definition) is 0. The Morgan fingerprint density at radius 2 is 2.43 bits per heavy atom. The minimum absolute atomic E-state index is 0.911. The van der Waals surface area contributed by atoms with Crippen molar-refractivity contribution in [2.45, 2.75) is 20.3 Å². The summed E-state index contributed by atoms with van der Waals surface area (Å²) in [5.41, 5.74) is 0. The van der Waals surface area contributed by atoms with Crippen molar-refractivity contribution >= 4 is 0 Å². The smallest absolute Gasteiger partial charge is 0.148 e. The molecule has 0 aromatic heterocycles. The van der Waals surface area contributed by atoms with Crippen molar-refractivity contribution in [3.63, 3.8) is 0 Å². The van der Waals surface area contributed by atoms with Crippen molar-refractivity contribution in [2.75, 3.05) is 0 Å². The zero-order valence-corrected chi connectivity index (χ0v) is 4.69. The van der Waals surface area contributed by atoms with Crippen molar-refractivity contribution in [1.82, 2.24) is 0 Å². The Kier molecular flexibility index (Phi) is 4.87. The molecule has 0 N–H and O–H groups in total. The average molecular weight is 97.1 g/mol. The molecule has 0 amide bonds. The van der Waals surface area contributed by atoms with Gasteiger partial charge in [0.05, 0.1) is 0 Å². The van der Waals surface area contributed by atoms with E-state index < -0.39 is 0 Å². The fourth-order valence-corrected chi connectivity index (χ4v) is 0.184. The third-order valence-electron chi connectivity index (χ3n) is 0.411. The molecule has 0 fully saturated rings. The molecule has 0 aliphatic heterocycles. The Morgan fingerprint density at radius 3 is 2.86 bits per heavy atom. The van der Waals surface area contributed by atoms with E-state index in [-0.39, 0.29) is 0 Å². The highest BCUT2D eigenvalue weighted by Crippen LogP contribution is 1.82. The third-order valence-corrected chi connectivity index (χ3v) is 0.411. The van der Waals surface area contributed by atoms with Crippen molar-refractivity contribution in [1.29, 1.82) is 0 Å². The molecule has 0 unspecified atom stereocenters. The molecule has 7 heavy (non-hydrogen) atoms. The first kappa shape index (κ1) is 6.36. The Hall–Kier alpha value is -0.640. The highest BCUT2D eigenvalue weighted by molar-refractivity contribution is 4.86. The lowest BCUT2D eigenvalue weighted by atomic mass is 10.5. The van der Waals surface area contributed by atoms with Gasteiger partial charge >= 0.3 is 0 Å². The Balaban J connectivity index is 2.78. The van der Waals surface area contributed by atoms with Gasteiger partial charge in [0.2, 0.25) is 0 Å². The maximum Gasteiger partial charge on any atom is 0.148 e. The number of rotatable bonds is 2. The third kappa shape index (κ3) is 5.36. The molecule has 0 saturated carbocycles. The zero-order valence-electron chi connectivity index (χ0n) is 4.69. The lowest BCUT2D eigenvalue weighted by molar-refractivity contribution is 0.357. The van der Waals surface area contributed by atoms with Crippen LogP contribution in [0.15, 0.2) is 0 Å². The predicted octanol–water partition coefficient (Wildman–Crippen LogP) is 1.56. The van der Waals surface area contributed by atoms with Gasteiger partial charge in [-0.3, -0.25) is 0 Å². The van der Waals surface area contributed by atoms with E-state index in [0.717, 1.165) is 6.42 Å². The number of ether oxygens (including phenoxy) is 1. The van der Waals surface area contributed by atoms with Crippen LogP contribution in [0.25, 0.3) is 0 Å². The van der Waals surface area contributed by atoms with E-state index >= 15 is 0 Å². The predicted molar refractivity (Wildman–Crippen MR) is 29.1 cm³/mol. The van der Waals surface area contributed by atoms with Crippen LogP contribution in [0.1, 0.15) is 20.3 Å². The van der Waals surface area contributed by atoms with Crippen LogP contribution in [-0.4, -0.2) is 0 Å². The van der Waals surface area contributed by atoms with Crippen LogP contribution in [0.5, 0.6) is 0 Å². The van der Waals surface area contributed by atoms with Gasteiger partial charge in [0, 0.05) is 6.92 Å². The molecule has 1 nitrogen and oxygen atoms in total. The summed E-state index contributed by atoms with van der Waals surface area (Å²) in [6, 6.07) is 0. The van der Waals surface area contributed by atoms with Crippen LogP contribution < -0.4 is 0 Å². The summed E-state index contributed by atoms with van der Waals surface area (Å²) in [6.45, 7) is 5.40. The summed E-state index contributed by atoms with van der Waals surface area (Å²) in [7, 11) is 0. The molecule has 0 aliphatic carbocycles. The molecule has 0 heterocycles. The minimum atomic E-state index is 0.911. The summed E-state index contributed by atoms with van der Waals surface area (Å²) in [4.78, 5) is 0. The van der Waals surface area contributed by atoms with E-state index in [1.54, 1.807) is 13.5 Å². The van der Waals surface area contributed by atoms with Crippen molar-refractivity contribution < 1.29 is 4.74 Å². The van der Waals surface area contributed by atoms with Crippen molar-refractivity contribution in [3.05, 3.63) is 6.61 Å². The lowest BCUT2D eigenvalue weighted by Gasteiger charge is -1.85. The van der Waals surface area contributed by atoms with Crippen LogP contribution in [0.3, 0.4) is 0 Å². The Labute approximate surface area is 44.7 Å². The molecule has 39 valence electrons. The van der Waals surface area contributed by atoms with Gasteiger partial charge in [-0.25, -0.2) is 0 Å². The van der Waals surface area contributed by atoms with Crippen LogP contribution >= 0.6 is 0 Å². The standard InChI is InChI=1S/C6H9O/c1-3-5-7-6-4-2/h5H,3H2,1-2H3. The van der Waals surface area contributed by atoms with E-state index in [0.29, 0.717) is 0 Å². The first-order chi connectivity index (χ1) is 3.41. The molecule has 0 bridgehead atoms. The second-order valence-corrected chi connectivity index (χ2v) is 1.04. The van der Waals surface area contributed by atoms with Gasteiger partial charge in [-0.05, 0) is 6.42 Å². The molecular weight excluding hydrogens is 88.1 g/mol. The Bertz CT molecular complexity index is 75.9. The van der Waals surface area contributed by atoms with Crippen LogP contribution in [0.4, 0.5) is 0 Å². The van der Waals surface area contributed by atoms with Gasteiger partial charge < -0.3 is 4.74 Å². The summed E-state index contributed by atoms with van der Waals surface area (Å²) >= 11 is 0. The molecule has 1 heteroatoms.